The number of anilines is 2. The van der Waals surface area contributed by atoms with Gasteiger partial charge in [-0.05, 0) is 30.2 Å². The Bertz CT molecular complexity index is 628. The van der Waals surface area contributed by atoms with Gasteiger partial charge in [-0.2, -0.15) is 5.26 Å². The SMILES string of the molecule is CC(C)CN(CCC#N)c1ccc(N)c2cccnc12. The summed E-state index contributed by atoms with van der Waals surface area (Å²) in [6.45, 7) is 5.96. The lowest BCUT2D eigenvalue weighted by molar-refractivity contribution is 0.613. The molecule has 1 heterocycles. The van der Waals surface area contributed by atoms with Crippen LogP contribution < -0.4 is 10.6 Å². The summed E-state index contributed by atoms with van der Waals surface area (Å²) in [5.74, 6) is 0.519. The van der Waals surface area contributed by atoms with E-state index in [0.29, 0.717) is 18.9 Å². The summed E-state index contributed by atoms with van der Waals surface area (Å²) in [4.78, 5) is 6.70. The van der Waals surface area contributed by atoms with Gasteiger partial charge in [-0.1, -0.05) is 13.8 Å². The number of hydrogen-bond donors (Lipinski definition) is 1. The molecule has 0 saturated carbocycles. The van der Waals surface area contributed by atoms with Crippen LogP contribution in [0.2, 0.25) is 0 Å². The third kappa shape index (κ3) is 3.00. The Morgan fingerprint density at radius 3 is 2.85 bits per heavy atom. The number of hydrogen-bond acceptors (Lipinski definition) is 4. The van der Waals surface area contributed by atoms with Crippen molar-refractivity contribution < 1.29 is 0 Å². The van der Waals surface area contributed by atoms with Crippen molar-refractivity contribution in [2.24, 2.45) is 5.92 Å². The highest BCUT2D eigenvalue weighted by molar-refractivity contribution is 5.98. The zero-order valence-electron chi connectivity index (χ0n) is 12.0. The van der Waals surface area contributed by atoms with E-state index in [1.165, 1.54) is 0 Å². The van der Waals surface area contributed by atoms with E-state index < -0.39 is 0 Å². The zero-order valence-corrected chi connectivity index (χ0v) is 12.0. The summed E-state index contributed by atoms with van der Waals surface area (Å²) in [5, 5.41) is 9.81. The highest BCUT2D eigenvalue weighted by atomic mass is 15.1. The second kappa shape index (κ2) is 6.25. The van der Waals surface area contributed by atoms with E-state index >= 15 is 0 Å². The van der Waals surface area contributed by atoms with Crippen LogP contribution in [-0.4, -0.2) is 18.1 Å². The van der Waals surface area contributed by atoms with E-state index in [-0.39, 0.29) is 0 Å². The second-order valence-corrected chi connectivity index (χ2v) is 5.32. The van der Waals surface area contributed by atoms with Gasteiger partial charge in [0.05, 0.1) is 23.7 Å². The van der Waals surface area contributed by atoms with Crippen molar-refractivity contribution in [1.82, 2.24) is 4.98 Å². The molecule has 104 valence electrons. The van der Waals surface area contributed by atoms with Crippen LogP contribution in [-0.2, 0) is 0 Å². The predicted molar refractivity (Wildman–Crippen MR) is 83.4 cm³/mol. The molecule has 0 radical (unpaired) electrons. The normalized spacial score (nSPS) is 10.7. The van der Waals surface area contributed by atoms with Gasteiger partial charge in [0.25, 0.3) is 0 Å². The summed E-state index contributed by atoms with van der Waals surface area (Å²) < 4.78 is 0. The van der Waals surface area contributed by atoms with E-state index in [1.807, 2.05) is 24.3 Å². The molecule has 1 aromatic carbocycles. The molecule has 0 bridgehead atoms. The maximum absolute atomic E-state index is 8.84. The third-order valence-corrected chi connectivity index (χ3v) is 3.20. The number of rotatable bonds is 5. The van der Waals surface area contributed by atoms with Gasteiger partial charge >= 0.3 is 0 Å². The second-order valence-electron chi connectivity index (χ2n) is 5.32. The van der Waals surface area contributed by atoms with Crippen LogP contribution in [0.1, 0.15) is 20.3 Å². The lowest BCUT2D eigenvalue weighted by Crippen LogP contribution is -2.28. The third-order valence-electron chi connectivity index (χ3n) is 3.20. The van der Waals surface area contributed by atoms with Crippen LogP contribution in [0.3, 0.4) is 0 Å². The Morgan fingerprint density at radius 2 is 2.15 bits per heavy atom. The van der Waals surface area contributed by atoms with Gasteiger partial charge in [-0.15, -0.1) is 0 Å². The molecule has 1 aromatic heterocycles. The zero-order chi connectivity index (χ0) is 14.5. The molecule has 0 aliphatic carbocycles. The van der Waals surface area contributed by atoms with E-state index in [4.69, 9.17) is 11.0 Å². The van der Waals surface area contributed by atoms with Crippen molar-refractivity contribution in [2.75, 3.05) is 23.7 Å². The van der Waals surface area contributed by atoms with Gasteiger partial charge in [-0.25, -0.2) is 0 Å². The number of nitrogens with two attached hydrogens (primary N) is 1. The van der Waals surface area contributed by atoms with Gasteiger partial charge in [0.15, 0.2) is 0 Å². The first kappa shape index (κ1) is 14.1. The van der Waals surface area contributed by atoms with Gasteiger partial charge in [0.1, 0.15) is 0 Å². The van der Waals surface area contributed by atoms with E-state index in [9.17, 15) is 0 Å². The maximum atomic E-state index is 8.84. The molecule has 2 rings (SSSR count). The van der Waals surface area contributed by atoms with Crippen molar-refractivity contribution in [3.05, 3.63) is 30.5 Å². The standard InChI is InChI=1S/C16H20N4/c1-12(2)11-20(10-4-8-17)15-7-6-14(18)13-5-3-9-19-16(13)15/h3,5-7,9,12H,4,10-11,18H2,1-2H3. The highest BCUT2D eigenvalue weighted by Crippen LogP contribution is 2.29. The Labute approximate surface area is 119 Å². The van der Waals surface area contributed by atoms with Gasteiger partial charge in [-0.3, -0.25) is 4.98 Å². The Kier molecular flexibility index (Phi) is 4.41. The summed E-state index contributed by atoms with van der Waals surface area (Å²) in [7, 11) is 0. The molecule has 0 fully saturated rings. The van der Waals surface area contributed by atoms with Crippen LogP contribution in [0.5, 0.6) is 0 Å². The number of aromatic nitrogens is 1. The molecule has 4 nitrogen and oxygen atoms in total. The minimum absolute atomic E-state index is 0.505. The Balaban J connectivity index is 2.47. The molecule has 0 aliphatic heterocycles. The summed E-state index contributed by atoms with van der Waals surface area (Å²) in [6, 6.07) is 10.0. The Morgan fingerprint density at radius 1 is 1.35 bits per heavy atom. The number of nitrogen functional groups attached to an aromatic ring is 1. The minimum Gasteiger partial charge on any atom is -0.398 e. The van der Waals surface area contributed by atoms with Crippen molar-refractivity contribution >= 4 is 22.3 Å². The summed E-state index contributed by atoms with van der Waals surface area (Å²) >= 11 is 0. The number of benzene rings is 1. The molecule has 0 aliphatic rings. The molecule has 0 saturated heterocycles. The van der Waals surface area contributed by atoms with E-state index in [1.54, 1.807) is 6.20 Å². The molecule has 0 atom stereocenters. The van der Waals surface area contributed by atoms with Crippen LogP contribution >= 0.6 is 0 Å². The number of nitriles is 1. The number of pyridine rings is 1. The highest BCUT2D eigenvalue weighted by Gasteiger charge is 2.13. The van der Waals surface area contributed by atoms with Crippen molar-refractivity contribution in [3.8, 4) is 6.07 Å². The fraction of sp³-hybridized carbons (Fsp3) is 0.375. The number of fused-ring (bicyclic) bond motifs is 1. The summed E-state index contributed by atoms with van der Waals surface area (Å²) in [5.41, 5.74) is 8.72. The van der Waals surface area contributed by atoms with Crippen molar-refractivity contribution in [3.63, 3.8) is 0 Å². The quantitative estimate of drug-likeness (QED) is 0.846. The fourth-order valence-corrected chi connectivity index (χ4v) is 2.37. The van der Waals surface area contributed by atoms with Gasteiger partial charge in [0, 0.05) is 30.4 Å². The maximum Gasteiger partial charge on any atom is 0.0955 e. The molecular weight excluding hydrogens is 248 g/mol. The first-order valence-corrected chi connectivity index (χ1v) is 6.88. The lowest BCUT2D eigenvalue weighted by atomic mass is 10.1. The molecule has 2 N–H and O–H groups in total. The average molecular weight is 268 g/mol. The average Bonchev–Trinajstić information content (AvgIpc) is 2.44. The minimum atomic E-state index is 0.505. The van der Waals surface area contributed by atoms with Gasteiger partial charge in [0.2, 0.25) is 0 Å². The molecule has 2 aromatic rings. The Hall–Kier alpha value is -2.28. The molecule has 20 heavy (non-hydrogen) atoms. The van der Waals surface area contributed by atoms with Crippen LogP contribution in [0, 0.1) is 17.2 Å². The van der Waals surface area contributed by atoms with Crippen molar-refractivity contribution in [2.45, 2.75) is 20.3 Å². The first-order chi connectivity index (χ1) is 9.63. The fourth-order valence-electron chi connectivity index (χ4n) is 2.37. The molecule has 4 heteroatoms. The predicted octanol–water partition coefficient (Wildman–Crippen LogP) is 3.19. The van der Waals surface area contributed by atoms with Crippen molar-refractivity contribution in [1.29, 1.82) is 5.26 Å². The first-order valence-electron chi connectivity index (χ1n) is 6.88. The molecule has 0 spiro atoms. The topological polar surface area (TPSA) is 65.9 Å². The van der Waals surface area contributed by atoms with Gasteiger partial charge < -0.3 is 10.6 Å². The summed E-state index contributed by atoms with van der Waals surface area (Å²) in [6.07, 6.45) is 2.29. The lowest BCUT2D eigenvalue weighted by Gasteiger charge is -2.27. The van der Waals surface area contributed by atoms with Crippen LogP contribution in [0.25, 0.3) is 10.9 Å². The van der Waals surface area contributed by atoms with Crippen LogP contribution in [0.4, 0.5) is 11.4 Å². The smallest absolute Gasteiger partial charge is 0.0955 e. The van der Waals surface area contributed by atoms with E-state index in [2.05, 4.69) is 29.8 Å². The van der Waals surface area contributed by atoms with E-state index in [0.717, 1.165) is 28.8 Å². The largest absolute Gasteiger partial charge is 0.398 e. The number of nitrogens with zero attached hydrogens (tertiary/aromatic N) is 3. The molecule has 0 unspecified atom stereocenters. The molecular formula is C16H20N4. The molecule has 0 amide bonds. The monoisotopic (exact) mass is 268 g/mol. The van der Waals surface area contributed by atoms with Crippen LogP contribution in [0.15, 0.2) is 30.5 Å².